The molecule has 0 bridgehead atoms. The molecule has 0 radical (unpaired) electrons. The standard InChI is InChI=1S/C22H42O3/c1-2-3-4-5-6-7-8-9-10-11-12-18-22(23)25-19-14-13-16-21-17-15-20-24-21/h21H,2-20H2,1H3/t21-/m1/s1. The first-order chi connectivity index (χ1) is 12.3. The molecule has 0 N–H and O–H groups in total. The van der Waals surface area contributed by atoms with Gasteiger partial charge in [-0.3, -0.25) is 4.79 Å². The third-order valence-corrected chi connectivity index (χ3v) is 5.19. The van der Waals surface area contributed by atoms with E-state index in [1.54, 1.807) is 0 Å². The van der Waals surface area contributed by atoms with Gasteiger partial charge in [0.1, 0.15) is 0 Å². The molecule has 25 heavy (non-hydrogen) atoms. The highest BCUT2D eigenvalue weighted by molar-refractivity contribution is 5.69. The van der Waals surface area contributed by atoms with Crippen LogP contribution in [0.3, 0.4) is 0 Å². The molecule has 0 unspecified atom stereocenters. The number of rotatable bonds is 17. The molecule has 0 aromatic rings. The Morgan fingerprint density at radius 1 is 0.880 bits per heavy atom. The largest absolute Gasteiger partial charge is 0.466 e. The molecule has 0 saturated carbocycles. The fourth-order valence-electron chi connectivity index (χ4n) is 3.54. The fraction of sp³-hybridized carbons (Fsp3) is 0.955. The Hall–Kier alpha value is -0.570. The molecule has 3 nitrogen and oxygen atoms in total. The lowest BCUT2D eigenvalue weighted by Gasteiger charge is -2.09. The van der Waals surface area contributed by atoms with E-state index in [1.807, 2.05) is 0 Å². The van der Waals surface area contributed by atoms with Crippen LogP contribution < -0.4 is 0 Å². The fourth-order valence-corrected chi connectivity index (χ4v) is 3.54. The molecular weight excluding hydrogens is 312 g/mol. The molecule has 0 aromatic heterocycles. The molecule has 3 heteroatoms. The molecule has 0 aromatic carbocycles. The Balaban J connectivity index is 1.73. The van der Waals surface area contributed by atoms with E-state index in [4.69, 9.17) is 9.47 Å². The number of unbranched alkanes of at least 4 members (excludes halogenated alkanes) is 11. The van der Waals surface area contributed by atoms with Crippen molar-refractivity contribution in [2.75, 3.05) is 13.2 Å². The first kappa shape index (κ1) is 22.5. The van der Waals surface area contributed by atoms with E-state index in [1.165, 1.54) is 77.0 Å². The van der Waals surface area contributed by atoms with E-state index in [9.17, 15) is 4.79 Å². The predicted molar refractivity (Wildman–Crippen MR) is 105 cm³/mol. The van der Waals surface area contributed by atoms with Crippen molar-refractivity contribution >= 4 is 5.97 Å². The minimum absolute atomic E-state index is 0.00644. The highest BCUT2D eigenvalue weighted by atomic mass is 16.5. The van der Waals surface area contributed by atoms with Crippen LogP contribution in [0.15, 0.2) is 0 Å². The molecule has 1 atom stereocenters. The van der Waals surface area contributed by atoms with E-state index in [-0.39, 0.29) is 5.97 Å². The number of carbonyl (C=O) groups is 1. The SMILES string of the molecule is CCCCCCCCCCCCCC(=O)OCCCC[C@@H]1CCCO1. The Labute approximate surface area is 156 Å². The van der Waals surface area contributed by atoms with E-state index in [2.05, 4.69) is 6.92 Å². The van der Waals surface area contributed by atoms with Crippen molar-refractivity contribution in [3.8, 4) is 0 Å². The third kappa shape index (κ3) is 14.3. The zero-order valence-corrected chi connectivity index (χ0v) is 16.7. The number of esters is 1. The molecule has 1 rings (SSSR count). The van der Waals surface area contributed by atoms with Gasteiger partial charge in [0.25, 0.3) is 0 Å². The maximum atomic E-state index is 11.7. The van der Waals surface area contributed by atoms with Crippen LogP contribution in [0.1, 0.15) is 116 Å². The van der Waals surface area contributed by atoms with Crippen LogP contribution in [0.5, 0.6) is 0 Å². The van der Waals surface area contributed by atoms with Crippen molar-refractivity contribution in [3.05, 3.63) is 0 Å². The highest BCUT2D eigenvalue weighted by Crippen LogP contribution is 2.17. The van der Waals surface area contributed by atoms with Gasteiger partial charge < -0.3 is 9.47 Å². The van der Waals surface area contributed by atoms with Crippen LogP contribution in [-0.4, -0.2) is 25.3 Å². The maximum absolute atomic E-state index is 11.7. The zero-order valence-electron chi connectivity index (χ0n) is 16.7. The van der Waals surface area contributed by atoms with Crippen molar-refractivity contribution in [1.29, 1.82) is 0 Å². The van der Waals surface area contributed by atoms with Crippen LogP contribution in [0.25, 0.3) is 0 Å². The average Bonchev–Trinajstić information content (AvgIpc) is 3.13. The van der Waals surface area contributed by atoms with Crippen LogP contribution in [0, 0.1) is 0 Å². The summed E-state index contributed by atoms with van der Waals surface area (Å²) in [5.74, 6) is -0.00644. The van der Waals surface area contributed by atoms with Gasteiger partial charge in [0.15, 0.2) is 0 Å². The normalized spacial score (nSPS) is 17.1. The summed E-state index contributed by atoms with van der Waals surface area (Å²) in [5.41, 5.74) is 0. The molecule has 0 aliphatic carbocycles. The van der Waals surface area contributed by atoms with E-state index < -0.39 is 0 Å². The van der Waals surface area contributed by atoms with Crippen molar-refractivity contribution in [2.24, 2.45) is 0 Å². The second kappa shape index (κ2) is 16.9. The first-order valence-electron chi connectivity index (χ1n) is 11.1. The molecule has 1 heterocycles. The van der Waals surface area contributed by atoms with Crippen molar-refractivity contribution in [3.63, 3.8) is 0 Å². The van der Waals surface area contributed by atoms with Gasteiger partial charge in [0.05, 0.1) is 12.7 Å². The summed E-state index contributed by atoms with van der Waals surface area (Å²) in [4.78, 5) is 11.7. The van der Waals surface area contributed by atoms with Crippen LogP contribution >= 0.6 is 0 Å². The Bertz CT molecular complexity index is 298. The van der Waals surface area contributed by atoms with E-state index in [0.29, 0.717) is 19.1 Å². The monoisotopic (exact) mass is 354 g/mol. The van der Waals surface area contributed by atoms with Crippen molar-refractivity contribution in [2.45, 2.75) is 122 Å². The summed E-state index contributed by atoms with van der Waals surface area (Å²) in [7, 11) is 0. The van der Waals surface area contributed by atoms with Gasteiger partial charge in [0.2, 0.25) is 0 Å². The van der Waals surface area contributed by atoms with Crippen molar-refractivity contribution < 1.29 is 14.3 Å². The highest BCUT2D eigenvalue weighted by Gasteiger charge is 2.14. The molecule has 1 fully saturated rings. The molecule has 0 amide bonds. The predicted octanol–water partition coefficient (Wildman–Crippen LogP) is 6.58. The smallest absolute Gasteiger partial charge is 0.305 e. The number of hydrogen-bond donors (Lipinski definition) is 0. The minimum atomic E-state index is -0.00644. The molecular formula is C22H42O3. The second-order valence-electron chi connectivity index (χ2n) is 7.64. The Kier molecular flexibility index (Phi) is 15.2. The Morgan fingerprint density at radius 2 is 1.52 bits per heavy atom. The Morgan fingerprint density at radius 3 is 2.12 bits per heavy atom. The van der Waals surface area contributed by atoms with Crippen LogP contribution in [0.4, 0.5) is 0 Å². The van der Waals surface area contributed by atoms with E-state index in [0.717, 1.165) is 32.3 Å². The maximum Gasteiger partial charge on any atom is 0.305 e. The molecule has 1 aliphatic rings. The van der Waals surface area contributed by atoms with Crippen LogP contribution in [-0.2, 0) is 14.3 Å². The van der Waals surface area contributed by atoms with Gasteiger partial charge in [-0.25, -0.2) is 0 Å². The zero-order chi connectivity index (χ0) is 18.0. The number of carbonyl (C=O) groups excluding carboxylic acids is 1. The summed E-state index contributed by atoms with van der Waals surface area (Å²) in [6, 6.07) is 0. The quantitative estimate of drug-likeness (QED) is 0.218. The summed E-state index contributed by atoms with van der Waals surface area (Å²) in [6.45, 7) is 3.78. The molecule has 148 valence electrons. The van der Waals surface area contributed by atoms with Crippen LogP contribution in [0.2, 0.25) is 0 Å². The second-order valence-corrected chi connectivity index (χ2v) is 7.64. The van der Waals surface area contributed by atoms with Gasteiger partial charge in [-0.15, -0.1) is 0 Å². The van der Waals surface area contributed by atoms with Crippen molar-refractivity contribution in [1.82, 2.24) is 0 Å². The number of ether oxygens (including phenoxy) is 2. The van der Waals surface area contributed by atoms with Gasteiger partial charge in [-0.2, -0.15) is 0 Å². The summed E-state index contributed by atoms with van der Waals surface area (Å²) in [5, 5.41) is 0. The lowest BCUT2D eigenvalue weighted by molar-refractivity contribution is -0.143. The summed E-state index contributed by atoms with van der Waals surface area (Å²) >= 11 is 0. The van der Waals surface area contributed by atoms with Gasteiger partial charge in [-0.05, 0) is 38.5 Å². The van der Waals surface area contributed by atoms with Gasteiger partial charge in [-0.1, -0.05) is 71.1 Å². The average molecular weight is 355 g/mol. The third-order valence-electron chi connectivity index (χ3n) is 5.19. The minimum Gasteiger partial charge on any atom is -0.466 e. The van der Waals surface area contributed by atoms with E-state index >= 15 is 0 Å². The summed E-state index contributed by atoms with van der Waals surface area (Å²) < 4.78 is 10.9. The molecule has 0 spiro atoms. The molecule has 1 aliphatic heterocycles. The lowest BCUT2D eigenvalue weighted by Crippen LogP contribution is -2.08. The van der Waals surface area contributed by atoms with Gasteiger partial charge in [0, 0.05) is 13.0 Å². The van der Waals surface area contributed by atoms with Gasteiger partial charge >= 0.3 is 5.97 Å². The number of hydrogen-bond acceptors (Lipinski definition) is 3. The molecule has 1 saturated heterocycles. The summed E-state index contributed by atoms with van der Waals surface area (Å²) in [6.07, 6.45) is 21.1. The lowest BCUT2D eigenvalue weighted by atomic mass is 10.1. The topological polar surface area (TPSA) is 35.5 Å². The first-order valence-corrected chi connectivity index (χ1v) is 11.1.